The van der Waals surface area contributed by atoms with Crippen molar-refractivity contribution in [1.82, 2.24) is 10.4 Å². The van der Waals surface area contributed by atoms with E-state index < -0.39 is 0 Å². The van der Waals surface area contributed by atoms with Gasteiger partial charge in [-0.05, 0) is 35.9 Å². The highest BCUT2D eigenvalue weighted by Gasteiger charge is 2.10. The number of hydrogen-bond donors (Lipinski definition) is 2. The molecular weight excluding hydrogens is 364 g/mol. The first-order valence-corrected chi connectivity index (χ1v) is 8.63. The fourth-order valence-electron chi connectivity index (χ4n) is 2.54. The Labute approximate surface area is 161 Å². The summed E-state index contributed by atoms with van der Waals surface area (Å²) in [5.41, 5.74) is 3.50. The number of anilines is 1. The molecule has 2 amide bonds. The number of pyridine rings is 1. The molecule has 136 valence electrons. The first kappa shape index (κ1) is 18.5. The predicted molar refractivity (Wildman–Crippen MR) is 107 cm³/mol. The van der Waals surface area contributed by atoms with Crippen molar-refractivity contribution in [3.63, 3.8) is 0 Å². The van der Waals surface area contributed by atoms with Gasteiger partial charge in [-0.3, -0.25) is 9.59 Å². The van der Waals surface area contributed by atoms with E-state index in [1.807, 2.05) is 36.4 Å². The van der Waals surface area contributed by atoms with Gasteiger partial charge in [-0.25, -0.2) is 10.4 Å². The minimum atomic E-state index is -0.328. The molecule has 3 aromatic rings. The van der Waals surface area contributed by atoms with Crippen LogP contribution >= 0.6 is 11.6 Å². The number of aromatic nitrogens is 1. The van der Waals surface area contributed by atoms with Crippen LogP contribution in [0.15, 0.2) is 65.9 Å². The fraction of sp³-hybridized carbons (Fsp3) is 0.100. The summed E-state index contributed by atoms with van der Waals surface area (Å²) in [6, 6.07) is 16.4. The van der Waals surface area contributed by atoms with E-state index in [4.69, 9.17) is 11.6 Å². The van der Waals surface area contributed by atoms with Crippen LogP contribution in [0.1, 0.15) is 23.7 Å². The van der Waals surface area contributed by atoms with Crippen molar-refractivity contribution in [2.45, 2.75) is 13.3 Å². The van der Waals surface area contributed by atoms with Gasteiger partial charge in [-0.2, -0.15) is 5.10 Å². The smallest absolute Gasteiger partial charge is 0.271 e. The molecule has 27 heavy (non-hydrogen) atoms. The van der Waals surface area contributed by atoms with Crippen LogP contribution < -0.4 is 10.7 Å². The summed E-state index contributed by atoms with van der Waals surface area (Å²) in [7, 11) is 0. The van der Waals surface area contributed by atoms with Gasteiger partial charge in [-0.15, -0.1) is 0 Å². The van der Waals surface area contributed by atoms with Crippen molar-refractivity contribution in [1.29, 1.82) is 0 Å². The van der Waals surface area contributed by atoms with E-state index in [1.54, 1.807) is 25.1 Å². The molecule has 0 radical (unpaired) electrons. The van der Waals surface area contributed by atoms with Crippen molar-refractivity contribution in [3.8, 4) is 0 Å². The number of carbonyl (C=O) groups is 2. The summed E-state index contributed by atoms with van der Waals surface area (Å²) in [5, 5.41) is 8.96. The lowest BCUT2D eigenvalue weighted by atomic mass is 10.0. The van der Waals surface area contributed by atoms with Gasteiger partial charge in [0.1, 0.15) is 5.82 Å². The van der Waals surface area contributed by atoms with Crippen molar-refractivity contribution in [2.75, 3.05) is 5.32 Å². The molecule has 7 heteroatoms. The van der Waals surface area contributed by atoms with Gasteiger partial charge in [0.15, 0.2) is 0 Å². The zero-order valence-electron chi connectivity index (χ0n) is 14.6. The Bertz CT molecular complexity index is 1010. The Morgan fingerprint density at radius 3 is 2.63 bits per heavy atom. The summed E-state index contributed by atoms with van der Waals surface area (Å²) >= 11 is 5.76. The Hall–Kier alpha value is -3.25. The molecule has 0 aliphatic rings. The van der Waals surface area contributed by atoms with Crippen LogP contribution in [0.25, 0.3) is 10.8 Å². The maximum Gasteiger partial charge on any atom is 0.271 e. The zero-order chi connectivity index (χ0) is 19.2. The summed E-state index contributed by atoms with van der Waals surface area (Å²) in [5.74, 6) is -0.214. The number of halogens is 1. The molecule has 3 rings (SSSR count). The Balaban J connectivity index is 1.61. The highest BCUT2D eigenvalue weighted by molar-refractivity contribution is 6.30. The van der Waals surface area contributed by atoms with Gasteiger partial charge in [0, 0.05) is 17.5 Å². The number of fused-ring (bicyclic) bond motifs is 1. The predicted octanol–water partition coefficient (Wildman–Crippen LogP) is 4.02. The number of carbonyl (C=O) groups excluding carboxylic acids is 2. The largest absolute Gasteiger partial charge is 0.310 e. The average Bonchev–Trinajstić information content (AvgIpc) is 2.67. The number of nitrogens with zero attached hydrogens (tertiary/aromatic N) is 2. The molecule has 0 fully saturated rings. The molecule has 0 saturated heterocycles. The maximum absolute atomic E-state index is 12.4. The van der Waals surface area contributed by atoms with E-state index in [9.17, 15) is 9.59 Å². The van der Waals surface area contributed by atoms with Crippen molar-refractivity contribution < 1.29 is 9.59 Å². The van der Waals surface area contributed by atoms with E-state index in [1.165, 1.54) is 6.20 Å². The maximum atomic E-state index is 12.4. The van der Waals surface area contributed by atoms with Gasteiger partial charge in [-0.1, -0.05) is 48.0 Å². The van der Waals surface area contributed by atoms with E-state index in [0.29, 0.717) is 22.1 Å². The van der Waals surface area contributed by atoms with Gasteiger partial charge in [0.05, 0.1) is 11.4 Å². The van der Waals surface area contributed by atoms with Crippen molar-refractivity contribution in [2.24, 2.45) is 5.10 Å². The Morgan fingerprint density at radius 1 is 1.07 bits per heavy atom. The van der Waals surface area contributed by atoms with E-state index in [2.05, 4.69) is 20.8 Å². The van der Waals surface area contributed by atoms with E-state index in [0.717, 1.165) is 10.8 Å². The highest BCUT2D eigenvalue weighted by atomic mass is 35.5. The molecule has 2 aromatic carbocycles. The quantitative estimate of drug-likeness (QED) is 0.518. The van der Waals surface area contributed by atoms with Gasteiger partial charge in [0.2, 0.25) is 5.91 Å². The van der Waals surface area contributed by atoms with Crippen LogP contribution in [0.4, 0.5) is 5.82 Å². The molecule has 0 aliphatic heterocycles. The van der Waals surface area contributed by atoms with Gasteiger partial charge >= 0.3 is 0 Å². The van der Waals surface area contributed by atoms with Gasteiger partial charge < -0.3 is 5.32 Å². The minimum absolute atomic E-state index is 0.0279. The summed E-state index contributed by atoms with van der Waals surface area (Å²) in [6.45, 7) is 1.66. The SMILES string of the molecule is CC(CC(=O)Nc1ccc(Cl)cn1)=NNC(=O)c1cccc2ccccc12. The zero-order valence-corrected chi connectivity index (χ0v) is 15.3. The van der Waals surface area contributed by atoms with Gasteiger partial charge in [0.25, 0.3) is 5.91 Å². The van der Waals surface area contributed by atoms with Crippen LogP contribution in [0.2, 0.25) is 5.02 Å². The van der Waals surface area contributed by atoms with Crippen LogP contribution in [0, 0.1) is 0 Å². The third kappa shape index (κ3) is 4.89. The number of hydrogen-bond acceptors (Lipinski definition) is 4. The van der Waals surface area contributed by atoms with Crippen LogP contribution in [0.3, 0.4) is 0 Å². The second-order valence-corrected chi connectivity index (χ2v) is 6.34. The third-order valence-electron chi connectivity index (χ3n) is 3.79. The summed E-state index contributed by atoms with van der Waals surface area (Å²) in [4.78, 5) is 28.4. The lowest BCUT2D eigenvalue weighted by Gasteiger charge is -2.07. The molecule has 0 spiro atoms. The number of benzene rings is 2. The molecule has 0 aliphatic carbocycles. The van der Waals surface area contributed by atoms with E-state index >= 15 is 0 Å². The molecule has 0 saturated carbocycles. The normalized spacial score (nSPS) is 11.3. The second-order valence-electron chi connectivity index (χ2n) is 5.90. The molecule has 1 aromatic heterocycles. The minimum Gasteiger partial charge on any atom is -0.310 e. The monoisotopic (exact) mass is 380 g/mol. The first-order chi connectivity index (χ1) is 13.0. The Morgan fingerprint density at radius 2 is 1.85 bits per heavy atom. The number of nitrogens with one attached hydrogen (secondary N) is 2. The first-order valence-electron chi connectivity index (χ1n) is 8.25. The number of rotatable bonds is 5. The molecule has 0 bridgehead atoms. The van der Waals surface area contributed by atoms with Crippen LogP contribution in [0.5, 0.6) is 0 Å². The number of hydrazone groups is 1. The standard InChI is InChI=1S/C20H17ClN4O2/c1-13(11-19(26)23-18-10-9-15(21)12-22-18)24-25-20(27)17-8-4-6-14-5-2-3-7-16(14)17/h2-10,12H,11H2,1H3,(H,25,27)(H,22,23,26). The fourth-order valence-corrected chi connectivity index (χ4v) is 2.65. The highest BCUT2D eigenvalue weighted by Crippen LogP contribution is 2.18. The molecule has 0 unspecified atom stereocenters. The molecule has 1 heterocycles. The summed E-state index contributed by atoms with van der Waals surface area (Å²) in [6.07, 6.45) is 1.47. The average molecular weight is 381 g/mol. The Kier molecular flexibility index (Phi) is 5.78. The molecule has 6 nitrogen and oxygen atoms in total. The van der Waals surface area contributed by atoms with Crippen LogP contribution in [-0.2, 0) is 4.79 Å². The van der Waals surface area contributed by atoms with E-state index in [-0.39, 0.29) is 18.2 Å². The van der Waals surface area contributed by atoms with Crippen LogP contribution in [-0.4, -0.2) is 22.5 Å². The molecular formula is C20H17ClN4O2. The molecule has 0 atom stereocenters. The second kappa shape index (κ2) is 8.42. The summed E-state index contributed by atoms with van der Waals surface area (Å²) < 4.78 is 0. The topological polar surface area (TPSA) is 83.4 Å². The lowest BCUT2D eigenvalue weighted by Crippen LogP contribution is -2.21. The van der Waals surface area contributed by atoms with Crippen molar-refractivity contribution in [3.05, 3.63) is 71.4 Å². The number of amides is 2. The lowest BCUT2D eigenvalue weighted by molar-refractivity contribution is -0.115. The van der Waals surface area contributed by atoms with Crippen molar-refractivity contribution >= 4 is 45.7 Å². The third-order valence-corrected chi connectivity index (χ3v) is 4.02. The molecule has 2 N–H and O–H groups in total.